The van der Waals surface area contributed by atoms with E-state index in [1.807, 2.05) is 12.1 Å². The minimum atomic E-state index is -3.63. The van der Waals surface area contributed by atoms with Gasteiger partial charge < -0.3 is 5.73 Å². The second kappa shape index (κ2) is 6.46. The second-order valence-electron chi connectivity index (χ2n) is 4.74. The predicted molar refractivity (Wildman–Crippen MR) is 87.1 cm³/mol. The van der Waals surface area contributed by atoms with Crippen molar-refractivity contribution < 1.29 is 8.42 Å². The van der Waals surface area contributed by atoms with Crippen molar-refractivity contribution in [3.05, 3.63) is 50.7 Å². The molecule has 1 atom stereocenters. The molecule has 0 aliphatic heterocycles. The molecule has 1 unspecified atom stereocenters. The monoisotopic (exact) mass is 344 g/mol. The predicted octanol–water partition coefficient (Wildman–Crippen LogP) is 3.21. The van der Waals surface area contributed by atoms with Gasteiger partial charge in [0, 0.05) is 22.5 Å². The van der Waals surface area contributed by atoms with Gasteiger partial charge in [0.25, 0.3) is 0 Å². The first-order valence-corrected chi connectivity index (χ1v) is 9.14. The summed E-state index contributed by atoms with van der Waals surface area (Å²) >= 11 is 7.47. The van der Waals surface area contributed by atoms with Crippen molar-refractivity contribution in [1.29, 1.82) is 0 Å². The van der Waals surface area contributed by atoms with Crippen molar-refractivity contribution in [2.45, 2.75) is 31.3 Å². The summed E-state index contributed by atoms with van der Waals surface area (Å²) in [5.41, 5.74) is 7.07. The maximum atomic E-state index is 12.6. The SMILES string of the molecule is Cc1csc(CN)c1S(=O)(=O)NC(C)c1ccccc1Cl. The molecular weight excluding hydrogens is 328 g/mol. The van der Waals surface area contributed by atoms with Gasteiger partial charge in [-0.25, -0.2) is 13.1 Å². The average Bonchev–Trinajstić information content (AvgIpc) is 2.80. The zero-order valence-corrected chi connectivity index (χ0v) is 14.1. The van der Waals surface area contributed by atoms with Crippen molar-refractivity contribution in [3.8, 4) is 0 Å². The highest BCUT2D eigenvalue weighted by Gasteiger charge is 2.25. The number of benzene rings is 1. The van der Waals surface area contributed by atoms with E-state index in [4.69, 9.17) is 17.3 Å². The molecule has 0 radical (unpaired) electrons. The fourth-order valence-corrected chi connectivity index (χ4v) is 5.40. The lowest BCUT2D eigenvalue weighted by molar-refractivity contribution is 0.566. The number of nitrogens with one attached hydrogen (secondary N) is 1. The lowest BCUT2D eigenvalue weighted by Crippen LogP contribution is -2.28. The van der Waals surface area contributed by atoms with Crippen LogP contribution in [0.3, 0.4) is 0 Å². The van der Waals surface area contributed by atoms with Gasteiger partial charge in [-0.2, -0.15) is 0 Å². The van der Waals surface area contributed by atoms with Crippen molar-refractivity contribution >= 4 is 33.0 Å². The lowest BCUT2D eigenvalue weighted by Gasteiger charge is -2.16. The molecular formula is C14H17ClN2O2S2. The molecule has 2 aromatic rings. The molecule has 114 valence electrons. The number of hydrogen-bond acceptors (Lipinski definition) is 4. The molecule has 0 saturated heterocycles. The topological polar surface area (TPSA) is 72.2 Å². The van der Waals surface area contributed by atoms with Crippen LogP contribution in [0.25, 0.3) is 0 Å². The lowest BCUT2D eigenvalue weighted by atomic mass is 10.1. The summed E-state index contributed by atoms with van der Waals surface area (Å²) < 4.78 is 27.8. The number of sulfonamides is 1. The van der Waals surface area contributed by atoms with Gasteiger partial charge >= 0.3 is 0 Å². The normalized spacial score (nSPS) is 13.3. The zero-order valence-electron chi connectivity index (χ0n) is 11.8. The summed E-state index contributed by atoms with van der Waals surface area (Å²) in [5.74, 6) is 0. The van der Waals surface area contributed by atoms with Crippen LogP contribution in [0.1, 0.15) is 29.0 Å². The van der Waals surface area contributed by atoms with Crippen LogP contribution in [0.2, 0.25) is 5.02 Å². The molecule has 1 aromatic carbocycles. The van der Waals surface area contributed by atoms with Gasteiger partial charge in [0.15, 0.2) is 0 Å². The van der Waals surface area contributed by atoms with E-state index >= 15 is 0 Å². The summed E-state index contributed by atoms with van der Waals surface area (Å²) in [4.78, 5) is 0.945. The third-order valence-corrected chi connectivity index (χ3v) is 6.52. The molecule has 1 heterocycles. The van der Waals surface area contributed by atoms with Crippen LogP contribution in [0, 0.1) is 6.92 Å². The van der Waals surface area contributed by atoms with E-state index in [1.165, 1.54) is 11.3 Å². The Morgan fingerprint density at radius 1 is 1.38 bits per heavy atom. The van der Waals surface area contributed by atoms with Gasteiger partial charge in [-0.1, -0.05) is 29.8 Å². The largest absolute Gasteiger partial charge is 0.326 e. The Morgan fingerprint density at radius 3 is 2.67 bits per heavy atom. The highest BCUT2D eigenvalue weighted by Crippen LogP contribution is 2.29. The zero-order chi connectivity index (χ0) is 15.6. The highest BCUT2D eigenvalue weighted by molar-refractivity contribution is 7.89. The van der Waals surface area contributed by atoms with Crippen LogP contribution in [0.5, 0.6) is 0 Å². The van der Waals surface area contributed by atoms with Crippen LogP contribution in [0.15, 0.2) is 34.5 Å². The van der Waals surface area contributed by atoms with Gasteiger partial charge in [-0.3, -0.25) is 0 Å². The maximum Gasteiger partial charge on any atom is 0.242 e. The summed E-state index contributed by atoms with van der Waals surface area (Å²) in [5, 5.41) is 2.34. The summed E-state index contributed by atoms with van der Waals surface area (Å²) in [7, 11) is -3.63. The van der Waals surface area contributed by atoms with E-state index in [0.29, 0.717) is 15.5 Å². The van der Waals surface area contributed by atoms with Crippen LogP contribution < -0.4 is 10.5 Å². The summed E-state index contributed by atoms with van der Waals surface area (Å²) in [6, 6.07) is 6.76. The fourth-order valence-electron chi connectivity index (χ4n) is 2.17. The Morgan fingerprint density at radius 2 is 2.05 bits per heavy atom. The molecule has 0 saturated carbocycles. The van der Waals surface area contributed by atoms with E-state index < -0.39 is 16.1 Å². The summed E-state index contributed by atoms with van der Waals surface area (Å²) in [6.07, 6.45) is 0. The Kier molecular flexibility index (Phi) is 5.06. The van der Waals surface area contributed by atoms with Gasteiger partial charge in [-0.15, -0.1) is 11.3 Å². The minimum Gasteiger partial charge on any atom is -0.326 e. The fraction of sp³-hybridized carbons (Fsp3) is 0.286. The van der Waals surface area contributed by atoms with Crippen LogP contribution in [-0.4, -0.2) is 8.42 Å². The highest BCUT2D eigenvalue weighted by atomic mass is 35.5. The standard InChI is InChI=1S/C14H17ClN2O2S2/c1-9-8-20-13(7-16)14(9)21(18,19)17-10(2)11-5-3-4-6-12(11)15/h3-6,8,10,17H,7,16H2,1-2H3. The molecule has 0 bridgehead atoms. The molecule has 4 nitrogen and oxygen atoms in total. The molecule has 0 spiro atoms. The van der Waals surface area contributed by atoms with E-state index in [2.05, 4.69) is 4.72 Å². The van der Waals surface area contributed by atoms with Crippen LogP contribution in [0.4, 0.5) is 0 Å². The molecule has 0 aliphatic rings. The smallest absolute Gasteiger partial charge is 0.242 e. The maximum absolute atomic E-state index is 12.6. The number of rotatable bonds is 5. The van der Waals surface area contributed by atoms with Crippen molar-refractivity contribution in [2.24, 2.45) is 5.73 Å². The van der Waals surface area contributed by atoms with Crippen molar-refractivity contribution in [3.63, 3.8) is 0 Å². The van der Waals surface area contributed by atoms with Gasteiger partial charge in [0.2, 0.25) is 10.0 Å². The number of nitrogens with two attached hydrogens (primary N) is 1. The number of hydrogen-bond donors (Lipinski definition) is 2. The molecule has 2 rings (SSSR count). The molecule has 3 N–H and O–H groups in total. The van der Waals surface area contributed by atoms with E-state index in [0.717, 1.165) is 5.56 Å². The third-order valence-electron chi connectivity index (χ3n) is 3.15. The van der Waals surface area contributed by atoms with E-state index in [1.54, 1.807) is 31.4 Å². The molecule has 1 aromatic heterocycles. The first kappa shape index (κ1) is 16.5. The Hall–Kier alpha value is -0.920. The van der Waals surface area contributed by atoms with Gasteiger partial charge in [0.1, 0.15) is 4.90 Å². The Bertz CT molecular complexity index is 741. The second-order valence-corrected chi connectivity index (χ2v) is 7.76. The van der Waals surface area contributed by atoms with Crippen LogP contribution >= 0.6 is 22.9 Å². The Balaban J connectivity index is 2.34. The number of aryl methyl sites for hydroxylation is 1. The number of thiophene rings is 1. The first-order chi connectivity index (χ1) is 9.86. The van der Waals surface area contributed by atoms with Crippen LogP contribution in [-0.2, 0) is 16.6 Å². The first-order valence-electron chi connectivity index (χ1n) is 6.40. The van der Waals surface area contributed by atoms with Gasteiger partial charge in [0.05, 0.1) is 0 Å². The Labute approximate surface area is 134 Å². The molecule has 0 aliphatic carbocycles. The number of halogens is 1. The summed E-state index contributed by atoms with van der Waals surface area (Å²) in [6.45, 7) is 3.74. The molecule has 7 heteroatoms. The quantitative estimate of drug-likeness (QED) is 0.874. The van der Waals surface area contributed by atoms with E-state index in [9.17, 15) is 8.42 Å². The van der Waals surface area contributed by atoms with E-state index in [-0.39, 0.29) is 11.4 Å². The molecule has 21 heavy (non-hydrogen) atoms. The van der Waals surface area contributed by atoms with Gasteiger partial charge in [-0.05, 0) is 36.4 Å². The third kappa shape index (κ3) is 3.46. The van der Waals surface area contributed by atoms with Crippen molar-refractivity contribution in [2.75, 3.05) is 0 Å². The molecule has 0 amide bonds. The van der Waals surface area contributed by atoms with Crippen molar-refractivity contribution in [1.82, 2.24) is 4.72 Å². The minimum absolute atomic E-state index is 0.204. The molecule has 0 fully saturated rings. The average molecular weight is 345 g/mol.